The Kier molecular flexibility index (Phi) is 7.24. The van der Waals surface area contributed by atoms with Crippen LogP contribution in [0.1, 0.15) is 44.0 Å². The standard InChI is InChI=1S/C20H25ClN2O6/c1-13(11-21)9-16-10-17(12-22(16)19(25)29-20(2,3)4)28-18(24)14-5-7-15(8-6-14)23(26)27/h5-8,16-17H,1,9-12H2,2-4H3. The molecule has 2 rings (SSSR count). The number of ether oxygens (including phenoxy) is 2. The molecule has 0 saturated carbocycles. The van der Waals surface area contributed by atoms with Crippen LogP contribution in [-0.2, 0) is 9.47 Å². The molecule has 29 heavy (non-hydrogen) atoms. The molecule has 0 radical (unpaired) electrons. The Hall–Kier alpha value is -2.61. The molecule has 1 aromatic carbocycles. The van der Waals surface area contributed by atoms with Gasteiger partial charge in [0.15, 0.2) is 0 Å². The first-order valence-electron chi connectivity index (χ1n) is 9.18. The number of nitrogens with zero attached hydrogens (tertiary/aromatic N) is 2. The molecule has 1 heterocycles. The second kappa shape index (κ2) is 9.26. The molecule has 0 aromatic heterocycles. The van der Waals surface area contributed by atoms with Gasteiger partial charge in [-0.1, -0.05) is 12.2 Å². The van der Waals surface area contributed by atoms with Crippen molar-refractivity contribution >= 4 is 29.4 Å². The average molecular weight is 425 g/mol. The van der Waals surface area contributed by atoms with Crippen LogP contribution in [0.3, 0.4) is 0 Å². The molecular formula is C20H25ClN2O6. The number of carbonyl (C=O) groups excluding carboxylic acids is 2. The smallest absolute Gasteiger partial charge is 0.410 e. The summed E-state index contributed by atoms with van der Waals surface area (Å²) in [6.45, 7) is 9.41. The van der Waals surface area contributed by atoms with E-state index in [1.807, 2.05) is 0 Å². The minimum absolute atomic E-state index is 0.113. The SMILES string of the molecule is C=C(CCl)CC1CC(OC(=O)c2ccc([N+](=O)[O-])cc2)CN1C(=O)OC(C)(C)C. The molecule has 1 amide bonds. The van der Waals surface area contributed by atoms with Gasteiger partial charge in [-0.2, -0.15) is 0 Å². The summed E-state index contributed by atoms with van der Waals surface area (Å²) in [5.41, 5.74) is 0.206. The van der Waals surface area contributed by atoms with Crippen molar-refractivity contribution in [2.24, 2.45) is 0 Å². The van der Waals surface area contributed by atoms with Gasteiger partial charge in [0.1, 0.15) is 11.7 Å². The van der Waals surface area contributed by atoms with Gasteiger partial charge >= 0.3 is 12.1 Å². The van der Waals surface area contributed by atoms with Crippen molar-refractivity contribution in [3.63, 3.8) is 0 Å². The van der Waals surface area contributed by atoms with E-state index >= 15 is 0 Å². The van der Waals surface area contributed by atoms with E-state index in [-0.39, 0.29) is 29.7 Å². The van der Waals surface area contributed by atoms with Crippen LogP contribution in [0.2, 0.25) is 0 Å². The lowest BCUT2D eigenvalue weighted by Gasteiger charge is -2.28. The number of alkyl halides is 1. The highest BCUT2D eigenvalue weighted by Crippen LogP contribution is 2.28. The van der Waals surface area contributed by atoms with Crippen LogP contribution >= 0.6 is 11.6 Å². The van der Waals surface area contributed by atoms with Gasteiger partial charge in [-0.25, -0.2) is 9.59 Å². The van der Waals surface area contributed by atoms with Gasteiger partial charge in [0.05, 0.1) is 17.0 Å². The molecule has 1 fully saturated rings. The second-order valence-electron chi connectivity index (χ2n) is 7.94. The second-order valence-corrected chi connectivity index (χ2v) is 8.21. The largest absolute Gasteiger partial charge is 0.457 e. The van der Waals surface area contributed by atoms with Gasteiger partial charge in [0.25, 0.3) is 5.69 Å². The van der Waals surface area contributed by atoms with Crippen LogP contribution < -0.4 is 0 Å². The van der Waals surface area contributed by atoms with Crippen LogP contribution in [0.25, 0.3) is 0 Å². The zero-order chi connectivity index (χ0) is 21.8. The summed E-state index contributed by atoms with van der Waals surface area (Å²) in [6, 6.07) is 4.92. The number of amides is 1. The van der Waals surface area contributed by atoms with Crippen molar-refractivity contribution in [2.75, 3.05) is 12.4 Å². The number of hydrogen-bond acceptors (Lipinski definition) is 6. The number of hydrogen-bond donors (Lipinski definition) is 0. The molecule has 1 aliphatic heterocycles. The van der Waals surface area contributed by atoms with Crippen molar-refractivity contribution in [3.8, 4) is 0 Å². The number of likely N-dealkylation sites (tertiary alicyclic amines) is 1. The van der Waals surface area contributed by atoms with Crippen molar-refractivity contribution in [2.45, 2.75) is 51.4 Å². The normalized spacial score (nSPS) is 19.0. The molecule has 0 N–H and O–H groups in total. The van der Waals surface area contributed by atoms with E-state index < -0.39 is 28.7 Å². The zero-order valence-corrected chi connectivity index (χ0v) is 17.5. The summed E-state index contributed by atoms with van der Waals surface area (Å²) in [5, 5.41) is 10.7. The highest BCUT2D eigenvalue weighted by atomic mass is 35.5. The van der Waals surface area contributed by atoms with E-state index in [4.69, 9.17) is 21.1 Å². The van der Waals surface area contributed by atoms with Crippen LogP contribution in [0.4, 0.5) is 10.5 Å². The number of carbonyl (C=O) groups is 2. The van der Waals surface area contributed by atoms with Crippen molar-refractivity contribution in [1.82, 2.24) is 4.90 Å². The third-order valence-corrected chi connectivity index (χ3v) is 4.68. The molecule has 9 heteroatoms. The third kappa shape index (κ3) is 6.45. The Balaban J connectivity index is 2.08. The first-order valence-corrected chi connectivity index (χ1v) is 9.71. The van der Waals surface area contributed by atoms with Gasteiger partial charge in [-0.15, -0.1) is 11.6 Å². The molecule has 1 aliphatic rings. The van der Waals surface area contributed by atoms with Crippen molar-refractivity contribution in [3.05, 3.63) is 52.1 Å². The highest BCUT2D eigenvalue weighted by Gasteiger charge is 2.39. The molecule has 8 nitrogen and oxygen atoms in total. The molecular weight excluding hydrogens is 400 g/mol. The van der Waals surface area contributed by atoms with Gasteiger partial charge < -0.3 is 14.4 Å². The van der Waals surface area contributed by atoms with E-state index in [0.29, 0.717) is 12.8 Å². The Morgan fingerprint density at radius 1 is 1.31 bits per heavy atom. The maximum Gasteiger partial charge on any atom is 0.410 e. The van der Waals surface area contributed by atoms with Crippen LogP contribution in [0.15, 0.2) is 36.4 Å². The maximum atomic E-state index is 12.6. The Morgan fingerprint density at radius 2 is 1.93 bits per heavy atom. The summed E-state index contributed by atoms with van der Waals surface area (Å²) in [4.78, 5) is 36.7. The Labute approximate surface area is 174 Å². The first kappa shape index (κ1) is 22.7. The third-order valence-electron chi connectivity index (χ3n) is 4.30. The fraction of sp³-hybridized carbons (Fsp3) is 0.500. The van der Waals surface area contributed by atoms with Crippen LogP contribution in [0, 0.1) is 10.1 Å². The van der Waals surface area contributed by atoms with E-state index in [1.165, 1.54) is 29.2 Å². The summed E-state index contributed by atoms with van der Waals surface area (Å²) < 4.78 is 11.0. The number of halogens is 1. The quantitative estimate of drug-likeness (QED) is 0.222. The number of rotatable bonds is 6. The fourth-order valence-corrected chi connectivity index (χ4v) is 3.13. The maximum absolute atomic E-state index is 12.6. The number of nitro groups is 1. The molecule has 1 saturated heterocycles. The molecule has 1 aromatic rings. The molecule has 0 bridgehead atoms. The van der Waals surface area contributed by atoms with Gasteiger partial charge in [-0.3, -0.25) is 10.1 Å². The van der Waals surface area contributed by atoms with Gasteiger partial charge in [-0.05, 0) is 39.3 Å². The van der Waals surface area contributed by atoms with E-state index in [0.717, 1.165) is 5.57 Å². The summed E-state index contributed by atoms with van der Waals surface area (Å²) in [7, 11) is 0. The number of nitro benzene ring substituents is 1. The number of esters is 1. The molecule has 2 atom stereocenters. The number of benzene rings is 1. The number of non-ortho nitro benzene ring substituents is 1. The average Bonchev–Trinajstić information content (AvgIpc) is 3.02. The van der Waals surface area contributed by atoms with E-state index in [2.05, 4.69) is 6.58 Å². The lowest BCUT2D eigenvalue weighted by Crippen LogP contribution is -2.40. The van der Waals surface area contributed by atoms with Crippen molar-refractivity contribution < 1.29 is 24.0 Å². The first-order chi connectivity index (χ1) is 13.5. The highest BCUT2D eigenvalue weighted by molar-refractivity contribution is 6.19. The van der Waals surface area contributed by atoms with Crippen molar-refractivity contribution in [1.29, 1.82) is 0 Å². The van der Waals surface area contributed by atoms with Gasteiger partial charge in [0, 0.05) is 30.5 Å². The predicted octanol–water partition coefficient (Wildman–Crippen LogP) is 4.31. The molecule has 2 unspecified atom stereocenters. The van der Waals surface area contributed by atoms with Gasteiger partial charge in [0.2, 0.25) is 0 Å². The molecule has 0 aliphatic carbocycles. The summed E-state index contributed by atoms with van der Waals surface area (Å²) in [5.74, 6) is -0.336. The monoisotopic (exact) mass is 424 g/mol. The van der Waals surface area contributed by atoms with Crippen LogP contribution in [0.5, 0.6) is 0 Å². The minimum atomic E-state index is -0.654. The molecule has 158 valence electrons. The zero-order valence-electron chi connectivity index (χ0n) is 16.7. The summed E-state index contributed by atoms with van der Waals surface area (Å²) in [6.07, 6.45) is -0.112. The minimum Gasteiger partial charge on any atom is -0.457 e. The van der Waals surface area contributed by atoms with Crippen LogP contribution in [-0.4, -0.2) is 52.1 Å². The topological polar surface area (TPSA) is 99.0 Å². The lowest BCUT2D eigenvalue weighted by molar-refractivity contribution is -0.384. The Bertz CT molecular complexity index is 787. The predicted molar refractivity (Wildman–Crippen MR) is 108 cm³/mol. The Morgan fingerprint density at radius 3 is 2.45 bits per heavy atom. The van der Waals surface area contributed by atoms with E-state index in [9.17, 15) is 19.7 Å². The summed E-state index contributed by atoms with van der Waals surface area (Å²) >= 11 is 5.83. The molecule has 0 spiro atoms. The fourth-order valence-electron chi connectivity index (χ4n) is 3.02. The van der Waals surface area contributed by atoms with E-state index in [1.54, 1.807) is 20.8 Å². The lowest BCUT2D eigenvalue weighted by atomic mass is 10.1.